The van der Waals surface area contributed by atoms with Gasteiger partial charge in [0.1, 0.15) is 23.1 Å². The molecule has 0 aliphatic heterocycles. The minimum atomic E-state index is -0.367. The number of rotatable bonds is 5. The third kappa shape index (κ3) is 4.38. The molecular weight excluding hydrogens is 342 g/mol. The van der Waals surface area contributed by atoms with E-state index in [2.05, 4.69) is 20.6 Å². The molecule has 0 unspecified atom stereocenters. The number of para-hydroxylation sites is 2. The highest BCUT2D eigenvalue weighted by atomic mass is 16.5. The number of hydrogen-bond acceptors (Lipinski definition) is 6. The molecule has 2 N–H and O–H groups in total. The third-order valence-electron chi connectivity index (χ3n) is 3.71. The van der Waals surface area contributed by atoms with Gasteiger partial charge in [0.2, 0.25) is 0 Å². The first-order valence-corrected chi connectivity index (χ1v) is 8.16. The molecule has 27 heavy (non-hydrogen) atoms. The lowest BCUT2D eigenvalue weighted by atomic mass is 10.2. The van der Waals surface area contributed by atoms with Gasteiger partial charge in [-0.25, -0.2) is 9.97 Å². The zero-order valence-electron chi connectivity index (χ0n) is 14.9. The van der Waals surface area contributed by atoms with Crippen molar-refractivity contribution in [2.45, 2.75) is 6.92 Å². The first kappa shape index (κ1) is 17.9. The molecule has 3 rings (SSSR count). The number of methoxy groups -OCH3 is 1. The van der Waals surface area contributed by atoms with Gasteiger partial charge < -0.3 is 15.4 Å². The Labute approximate surface area is 156 Å². The van der Waals surface area contributed by atoms with Crippen molar-refractivity contribution in [3.05, 3.63) is 71.7 Å². The first-order chi connectivity index (χ1) is 13.1. The minimum absolute atomic E-state index is 0.226. The number of benzene rings is 2. The van der Waals surface area contributed by atoms with Gasteiger partial charge in [-0.3, -0.25) is 4.79 Å². The van der Waals surface area contributed by atoms with Crippen LogP contribution in [0.15, 0.2) is 54.6 Å². The fourth-order valence-corrected chi connectivity index (χ4v) is 2.46. The van der Waals surface area contributed by atoms with Crippen molar-refractivity contribution in [2.24, 2.45) is 0 Å². The van der Waals surface area contributed by atoms with Crippen molar-refractivity contribution in [3.63, 3.8) is 0 Å². The van der Waals surface area contributed by atoms with Crippen LogP contribution in [0.25, 0.3) is 0 Å². The summed E-state index contributed by atoms with van der Waals surface area (Å²) in [7, 11) is 1.59. The van der Waals surface area contributed by atoms with Gasteiger partial charge in [-0.1, -0.05) is 12.1 Å². The van der Waals surface area contributed by atoms with Gasteiger partial charge in [0.05, 0.1) is 24.4 Å². The number of nitriles is 1. The second-order valence-electron chi connectivity index (χ2n) is 5.65. The third-order valence-corrected chi connectivity index (χ3v) is 3.71. The molecule has 0 aliphatic carbocycles. The van der Waals surface area contributed by atoms with Gasteiger partial charge in [0.15, 0.2) is 0 Å². The molecule has 1 aromatic heterocycles. The Kier molecular flexibility index (Phi) is 5.28. The van der Waals surface area contributed by atoms with Crippen LogP contribution in [0.5, 0.6) is 5.75 Å². The summed E-state index contributed by atoms with van der Waals surface area (Å²) in [5.41, 5.74) is 2.06. The summed E-state index contributed by atoms with van der Waals surface area (Å²) in [6, 6.07) is 17.6. The van der Waals surface area contributed by atoms with E-state index in [1.54, 1.807) is 44.4 Å². The Hall–Kier alpha value is -3.92. The van der Waals surface area contributed by atoms with Crippen LogP contribution in [0.4, 0.5) is 17.2 Å². The fourth-order valence-electron chi connectivity index (χ4n) is 2.46. The number of carbonyl (C=O) groups is 1. The molecule has 0 saturated carbocycles. The number of carbonyl (C=O) groups excluding carboxylic acids is 1. The molecule has 0 saturated heterocycles. The maximum Gasteiger partial charge on any atom is 0.274 e. The molecule has 0 spiro atoms. The summed E-state index contributed by atoms with van der Waals surface area (Å²) in [4.78, 5) is 21.1. The van der Waals surface area contributed by atoms with E-state index >= 15 is 0 Å². The summed E-state index contributed by atoms with van der Waals surface area (Å²) in [5, 5.41) is 14.7. The van der Waals surface area contributed by atoms with Gasteiger partial charge >= 0.3 is 0 Å². The Bertz CT molecular complexity index is 1010. The maximum absolute atomic E-state index is 12.5. The van der Waals surface area contributed by atoms with Crippen LogP contribution in [0.1, 0.15) is 21.9 Å². The number of nitrogens with one attached hydrogen (secondary N) is 2. The number of nitrogens with zero attached hydrogens (tertiary/aromatic N) is 3. The van der Waals surface area contributed by atoms with E-state index in [4.69, 9.17) is 10.00 Å². The largest absolute Gasteiger partial charge is 0.495 e. The summed E-state index contributed by atoms with van der Waals surface area (Å²) in [5.74, 6) is 1.24. The molecule has 1 heterocycles. The van der Waals surface area contributed by atoms with Crippen LogP contribution in [-0.4, -0.2) is 23.0 Å². The highest BCUT2D eigenvalue weighted by Gasteiger charge is 2.12. The maximum atomic E-state index is 12.5. The quantitative estimate of drug-likeness (QED) is 0.721. The molecule has 0 bridgehead atoms. The van der Waals surface area contributed by atoms with Crippen molar-refractivity contribution >= 4 is 23.1 Å². The molecule has 7 heteroatoms. The number of aromatic nitrogens is 2. The predicted molar refractivity (Wildman–Crippen MR) is 102 cm³/mol. The monoisotopic (exact) mass is 359 g/mol. The lowest BCUT2D eigenvalue weighted by molar-refractivity contribution is 0.102. The van der Waals surface area contributed by atoms with Crippen LogP contribution >= 0.6 is 0 Å². The van der Waals surface area contributed by atoms with Gasteiger partial charge in [-0.2, -0.15) is 5.26 Å². The van der Waals surface area contributed by atoms with Crippen molar-refractivity contribution in [2.75, 3.05) is 17.7 Å². The van der Waals surface area contributed by atoms with E-state index in [-0.39, 0.29) is 11.6 Å². The van der Waals surface area contributed by atoms with E-state index in [1.807, 2.05) is 30.3 Å². The minimum Gasteiger partial charge on any atom is -0.495 e. The van der Waals surface area contributed by atoms with Crippen LogP contribution in [0.2, 0.25) is 0 Å². The lowest BCUT2D eigenvalue weighted by Crippen LogP contribution is -2.15. The Morgan fingerprint density at radius 1 is 1.11 bits per heavy atom. The molecule has 1 amide bonds. The second-order valence-corrected chi connectivity index (χ2v) is 5.65. The molecule has 3 aromatic rings. The lowest BCUT2D eigenvalue weighted by Gasteiger charge is -2.12. The zero-order valence-corrected chi connectivity index (χ0v) is 14.9. The van der Waals surface area contributed by atoms with Gasteiger partial charge in [-0.15, -0.1) is 0 Å². The van der Waals surface area contributed by atoms with Crippen molar-refractivity contribution < 1.29 is 9.53 Å². The van der Waals surface area contributed by atoms with Crippen LogP contribution in [0.3, 0.4) is 0 Å². The van der Waals surface area contributed by atoms with Crippen molar-refractivity contribution in [1.82, 2.24) is 9.97 Å². The molecular formula is C20H17N5O2. The SMILES string of the molecule is COc1ccccc1Nc1cc(C(=O)Nc2ccc(C#N)cc2)nc(C)n1. The van der Waals surface area contributed by atoms with Crippen LogP contribution in [0, 0.1) is 18.3 Å². The number of anilines is 3. The zero-order chi connectivity index (χ0) is 19.2. The summed E-state index contributed by atoms with van der Waals surface area (Å²) < 4.78 is 5.32. The summed E-state index contributed by atoms with van der Waals surface area (Å²) in [6.07, 6.45) is 0. The van der Waals surface area contributed by atoms with E-state index in [9.17, 15) is 4.79 Å². The van der Waals surface area contributed by atoms with E-state index in [0.29, 0.717) is 28.6 Å². The fraction of sp³-hybridized carbons (Fsp3) is 0.100. The van der Waals surface area contributed by atoms with Crippen LogP contribution < -0.4 is 15.4 Å². The average Bonchev–Trinajstić information content (AvgIpc) is 2.68. The predicted octanol–water partition coefficient (Wildman–Crippen LogP) is 3.66. The van der Waals surface area contributed by atoms with Gasteiger partial charge in [-0.05, 0) is 43.3 Å². The smallest absolute Gasteiger partial charge is 0.274 e. The number of aryl methyl sites for hydroxylation is 1. The summed E-state index contributed by atoms with van der Waals surface area (Å²) in [6.45, 7) is 1.71. The average molecular weight is 359 g/mol. The standard InChI is InChI=1S/C20H17N5O2/c1-13-22-17(20(26)24-15-9-7-14(12-21)8-10-15)11-19(23-13)25-16-5-3-4-6-18(16)27-2/h3-11H,1-2H3,(H,24,26)(H,22,23,25). The van der Waals surface area contributed by atoms with E-state index < -0.39 is 0 Å². The molecule has 0 atom stereocenters. The number of ether oxygens (including phenoxy) is 1. The van der Waals surface area contributed by atoms with Gasteiger partial charge in [0, 0.05) is 11.8 Å². The highest BCUT2D eigenvalue weighted by Crippen LogP contribution is 2.26. The molecule has 134 valence electrons. The Morgan fingerprint density at radius 3 is 2.56 bits per heavy atom. The first-order valence-electron chi connectivity index (χ1n) is 8.16. The Morgan fingerprint density at radius 2 is 1.85 bits per heavy atom. The van der Waals surface area contributed by atoms with E-state index in [1.165, 1.54) is 0 Å². The van der Waals surface area contributed by atoms with Crippen molar-refractivity contribution in [3.8, 4) is 11.8 Å². The summed E-state index contributed by atoms with van der Waals surface area (Å²) >= 11 is 0. The molecule has 0 aliphatic rings. The number of amides is 1. The highest BCUT2D eigenvalue weighted by molar-refractivity contribution is 6.03. The van der Waals surface area contributed by atoms with Crippen LogP contribution in [-0.2, 0) is 0 Å². The molecule has 2 aromatic carbocycles. The molecule has 0 fully saturated rings. The molecule has 0 radical (unpaired) electrons. The second kappa shape index (κ2) is 7.97. The van der Waals surface area contributed by atoms with Gasteiger partial charge in [0.25, 0.3) is 5.91 Å². The number of hydrogen-bond donors (Lipinski definition) is 2. The Balaban J connectivity index is 1.81. The topological polar surface area (TPSA) is 99.9 Å². The normalized spacial score (nSPS) is 9.96. The van der Waals surface area contributed by atoms with Crippen molar-refractivity contribution in [1.29, 1.82) is 5.26 Å². The van der Waals surface area contributed by atoms with E-state index in [0.717, 1.165) is 5.69 Å². The molecule has 7 nitrogen and oxygen atoms in total.